The quantitative estimate of drug-likeness (QED) is 0.179. The molecule has 1 aliphatic rings. The molecule has 0 radical (unpaired) electrons. The van der Waals surface area contributed by atoms with Crippen LogP contribution >= 0.6 is 7.81 Å². The Labute approximate surface area is 224 Å². The van der Waals surface area contributed by atoms with E-state index in [9.17, 15) is 25.2 Å². The van der Waals surface area contributed by atoms with Crippen LogP contribution in [-0.4, -0.2) is 42.3 Å². The summed E-state index contributed by atoms with van der Waals surface area (Å²) in [4.78, 5) is 4.27. The second-order valence-corrected chi connectivity index (χ2v) is 11.7. The molecule has 0 atom stereocenters. The molecule has 0 spiro atoms. The zero-order chi connectivity index (χ0) is 29.2. The van der Waals surface area contributed by atoms with Gasteiger partial charge in [0.1, 0.15) is 14.1 Å². The van der Waals surface area contributed by atoms with Crippen LogP contribution in [0.4, 0.5) is 36.6 Å². The summed E-state index contributed by atoms with van der Waals surface area (Å²) >= 11 is 0. The predicted octanol–water partition coefficient (Wildman–Crippen LogP) is 8.22. The Bertz CT molecular complexity index is 1420. The van der Waals surface area contributed by atoms with Crippen molar-refractivity contribution in [2.75, 3.05) is 52.1 Å². The molecule has 0 saturated heterocycles. The van der Waals surface area contributed by atoms with Gasteiger partial charge in [0.15, 0.2) is 5.36 Å². The molecule has 3 aromatic rings. The number of hydrogen-bond acceptors (Lipinski definition) is 2. The number of rotatable bonds is 4. The molecule has 0 bridgehead atoms. The van der Waals surface area contributed by atoms with E-state index < -0.39 is 7.81 Å². The minimum atomic E-state index is -10.7. The Balaban J connectivity index is 0.000000532. The molecule has 0 aliphatic heterocycles. The van der Waals surface area contributed by atoms with Crippen LogP contribution in [0.25, 0.3) is 17.2 Å². The molecule has 0 fully saturated rings. The molecular weight excluding hydrogens is 535 g/mol. The van der Waals surface area contributed by atoms with Crippen LogP contribution in [0.3, 0.4) is 0 Å². The first-order chi connectivity index (χ1) is 17.8. The van der Waals surface area contributed by atoms with Crippen molar-refractivity contribution in [2.45, 2.75) is 0 Å². The average Bonchev–Trinajstić information content (AvgIpc) is 3.07. The van der Waals surface area contributed by atoms with Gasteiger partial charge in [-0.1, -0.05) is 36.4 Å². The minimum absolute atomic E-state index is 1.19. The predicted molar refractivity (Wildman–Crippen MR) is 154 cm³/mol. The van der Waals surface area contributed by atoms with Gasteiger partial charge in [0, 0.05) is 51.7 Å². The van der Waals surface area contributed by atoms with Crippen molar-refractivity contribution in [1.29, 1.82) is 0 Å². The number of halogens is 6. The summed E-state index contributed by atoms with van der Waals surface area (Å²) in [5.74, 6) is 0. The van der Waals surface area contributed by atoms with Crippen LogP contribution in [-0.2, 0) is 0 Å². The van der Waals surface area contributed by atoms with Gasteiger partial charge in [-0.05, 0) is 69.8 Å². The van der Waals surface area contributed by atoms with Crippen LogP contribution in [0.2, 0.25) is 0 Å². The number of fused-ring (bicyclic) bond motifs is 1. The molecule has 10 heteroatoms. The number of allylic oxidation sites excluding steroid dienone is 2. The molecule has 3 nitrogen and oxygen atoms in total. The fourth-order valence-electron chi connectivity index (χ4n) is 4.09. The van der Waals surface area contributed by atoms with E-state index in [4.69, 9.17) is 0 Å². The summed E-state index contributed by atoms with van der Waals surface area (Å²) in [6.07, 6.45) is 4.49. The van der Waals surface area contributed by atoms with Gasteiger partial charge in [-0.15, -0.1) is 0 Å². The van der Waals surface area contributed by atoms with Gasteiger partial charge in [0.25, 0.3) is 0 Å². The van der Waals surface area contributed by atoms with E-state index in [1.807, 2.05) is 0 Å². The van der Waals surface area contributed by atoms with Crippen LogP contribution in [0.15, 0.2) is 78.9 Å². The van der Waals surface area contributed by atoms with Crippen molar-refractivity contribution >= 4 is 36.4 Å². The van der Waals surface area contributed by atoms with E-state index in [1.54, 1.807) is 0 Å². The molecule has 0 aromatic heterocycles. The Morgan fingerprint density at radius 2 is 1.00 bits per heavy atom. The van der Waals surface area contributed by atoms with E-state index in [1.165, 1.54) is 50.1 Å². The fourth-order valence-corrected chi connectivity index (χ4v) is 4.09. The first-order valence-corrected chi connectivity index (χ1v) is 14.0. The normalized spacial score (nSPS) is 13.9. The van der Waals surface area contributed by atoms with E-state index in [0.717, 1.165) is 0 Å². The zero-order valence-corrected chi connectivity index (χ0v) is 23.5. The standard InChI is InChI=1S/C29H32N3.F6P/c1-30(2)24-14-8-22(9-15-24)29(23-10-16-25(17-11-23)31(3)4)28-19-12-21-7-13-26(32(5)6)18-20-27(21)28;1-7(2,3,4,5)6/h7-20H,1-6H3;/q+1;-1. The fraction of sp³-hybridized carbons (Fsp3) is 0.207. The van der Waals surface area contributed by atoms with Gasteiger partial charge in [0.2, 0.25) is 0 Å². The van der Waals surface area contributed by atoms with E-state index in [2.05, 4.69) is 142 Å². The monoisotopic (exact) mass is 567 g/mol. The molecule has 210 valence electrons. The third-order valence-electron chi connectivity index (χ3n) is 6.02. The number of hydrogen-bond donors (Lipinski definition) is 0. The maximum absolute atomic E-state index is 10.7. The Hall–Kier alpha value is -3.58. The number of nitrogens with zero attached hydrogens (tertiary/aromatic N) is 3. The number of anilines is 2. The molecular formula is C29H32F6N3P. The van der Waals surface area contributed by atoms with Gasteiger partial charge in [-0.2, -0.15) is 0 Å². The van der Waals surface area contributed by atoms with E-state index in [0.29, 0.717) is 0 Å². The van der Waals surface area contributed by atoms with Gasteiger partial charge in [0.05, 0.1) is 0 Å². The molecule has 0 N–H and O–H groups in total. The first-order valence-electron chi connectivity index (χ1n) is 12.0. The Morgan fingerprint density at radius 3 is 1.38 bits per heavy atom. The van der Waals surface area contributed by atoms with Gasteiger partial charge < -0.3 is 9.80 Å². The molecule has 0 saturated carbocycles. The molecule has 0 amide bonds. The van der Waals surface area contributed by atoms with Crippen molar-refractivity contribution in [3.63, 3.8) is 0 Å². The zero-order valence-electron chi connectivity index (χ0n) is 22.6. The van der Waals surface area contributed by atoms with Crippen molar-refractivity contribution in [3.8, 4) is 0 Å². The Morgan fingerprint density at radius 1 is 0.590 bits per heavy atom. The summed E-state index contributed by atoms with van der Waals surface area (Å²) in [6, 6.07) is 26.6. The molecule has 3 aromatic carbocycles. The summed E-state index contributed by atoms with van der Waals surface area (Å²) in [7, 11) is 1.81. The van der Waals surface area contributed by atoms with Gasteiger partial charge in [-0.3, -0.25) is 0 Å². The second-order valence-electron chi connectivity index (χ2n) is 9.82. The Kier molecular flexibility index (Phi) is 7.83. The van der Waals surface area contributed by atoms with Crippen LogP contribution < -0.4 is 19.7 Å². The molecule has 1 aliphatic carbocycles. The third kappa shape index (κ3) is 8.99. The summed E-state index contributed by atoms with van der Waals surface area (Å²) < 4.78 is 61.3. The van der Waals surface area contributed by atoms with Crippen molar-refractivity contribution in [2.24, 2.45) is 0 Å². The van der Waals surface area contributed by atoms with Crippen LogP contribution in [0.1, 0.15) is 22.3 Å². The topological polar surface area (TPSA) is 9.49 Å². The van der Waals surface area contributed by atoms with Crippen LogP contribution in [0, 0.1) is 0 Å². The molecule has 0 unspecified atom stereocenters. The van der Waals surface area contributed by atoms with Crippen molar-refractivity contribution < 1.29 is 25.2 Å². The summed E-state index contributed by atoms with van der Waals surface area (Å²) in [5.41, 5.74) is 9.88. The second kappa shape index (κ2) is 10.2. The van der Waals surface area contributed by atoms with E-state index >= 15 is 0 Å². The molecule has 0 heterocycles. The van der Waals surface area contributed by atoms with Gasteiger partial charge >= 0.3 is 33.0 Å². The van der Waals surface area contributed by atoms with Crippen molar-refractivity contribution in [3.05, 3.63) is 106 Å². The molecule has 4 rings (SSSR count). The first kappa shape index (κ1) is 30.0. The maximum atomic E-state index is 9.87. The van der Waals surface area contributed by atoms with E-state index in [-0.39, 0.29) is 0 Å². The third-order valence-corrected chi connectivity index (χ3v) is 6.02. The SMILES string of the molecule is CN(C)c1ccc(C(=C2C=Cc3ccc(=[N+](C)C)ccc32)c2ccc(N(C)C)cc2)cc1.F[P-](F)(F)(F)(F)F. The summed E-state index contributed by atoms with van der Waals surface area (Å²) in [5, 5.41) is 1.19. The van der Waals surface area contributed by atoms with Crippen molar-refractivity contribution in [1.82, 2.24) is 4.58 Å². The van der Waals surface area contributed by atoms with Gasteiger partial charge in [-0.25, -0.2) is 4.58 Å². The summed E-state index contributed by atoms with van der Waals surface area (Å²) in [6.45, 7) is 0. The number of benzene rings is 2. The average molecular weight is 568 g/mol. The molecule has 39 heavy (non-hydrogen) atoms. The van der Waals surface area contributed by atoms with Crippen LogP contribution in [0.5, 0.6) is 0 Å².